The standard InChI is InChI=1S/C26H27FO4/c27-20-13-11-18(12-14-20)15-21(19-9-5-2-6-10-19)24(28)23-25(29)22(31-26(23)30)16-17-7-3-1-4-8-17/h2,5-6,9-14,17,21-23H,1,3-4,7-8,15-16H2. The quantitative estimate of drug-likeness (QED) is 0.475. The zero-order valence-corrected chi connectivity index (χ0v) is 17.5. The van der Waals surface area contributed by atoms with Gasteiger partial charge in [-0.25, -0.2) is 4.39 Å². The minimum absolute atomic E-state index is 0.285. The summed E-state index contributed by atoms with van der Waals surface area (Å²) in [7, 11) is 0. The number of rotatable bonds is 7. The fraction of sp³-hybridized carbons (Fsp3) is 0.423. The lowest BCUT2D eigenvalue weighted by Gasteiger charge is -2.23. The summed E-state index contributed by atoms with van der Waals surface area (Å²) in [5.74, 6) is -3.60. The van der Waals surface area contributed by atoms with Gasteiger partial charge in [0.1, 0.15) is 5.82 Å². The van der Waals surface area contributed by atoms with Gasteiger partial charge in [-0.3, -0.25) is 14.4 Å². The van der Waals surface area contributed by atoms with Crippen molar-refractivity contribution >= 4 is 17.5 Å². The van der Waals surface area contributed by atoms with Crippen LogP contribution in [0.1, 0.15) is 55.6 Å². The van der Waals surface area contributed by atoms with Gasteiger partial charge in [0, 0.05) is 5.92 Å². The van der Waals surface area contributed by atoms with E-state index < -0.39 is 35.5 Å². The van der Waals surface area contributed by atoms with Gasteiger partial charge in [-0.15, -0.1) is 0 Å². The maximum Gasteiger partial charge on any atom is 0.325 e. The molecule has 2 fully saturated rings. The monoisotopic (exact) mass is 422 g/mol. The lowest BCUT2D eigenvalue weighted by molar-refractivity contribution is -0.147. The first-order valence-electron chi connectivity index (χ1n) is 11.1. The highest BCUT2D eigenvalue weighted by Crippen LogP contribution is 2.34. The highest BCUT2D eigenvalue weighted by Gasteiger charge is 2.50. The molecule has 0 amide bonds. The van der Waals surface area contributed by atoms with Crippen molar-refractivity contribution in [1.29, 1.82) is 0 Å². The Morgan fingerprint density at radius 1 is 0.968 bits per heavy atom. The van der Waals surface area contributed by atoms with Crippen molar-refractivity contribution in [3.63, 3.8) is 0 Å². The van der Waals surface area contributed by atoms with Crippen LogP contribution in [-0.2, 0) is 25.5 Å². The molecule has 2 aromatic rings. The predicted molar refractivity (Wildman–Crippen MR) is 114 cm³/mol. The second-order valence-corrected chi connectivity index (χ2v) is 8.70. The minimum atomic E-state index is -1.38. The van der Waals surface area contributed by atoms with E-state index in [1.165, 1.54) is 18.6 Å². The second kappa shape index (κ2) is 9.54. The normalized spacial score (nSPS) is 22.9. The predicted octanol–water partition coefficient (Wildman–Crippen LogP) is 4.80. The van der Waals surface area contributed by atoms with Crippen LogP contribution >= 0.6 is 0 Å². The summed E-state index contributed by atoms with van der Waals surface area (Å²) >= 11 is 0. The van der Waals surface area contributed by atoms with Crippen molar-refractivity contribution in [2.75, 3.05) is 0 Å². The first-order valence-corrected chi connectivity index (χ1v) is 11.1. The molecule has 1 heterocycles. The molecule has 0 spiro atoms. The maximum absolute atomic E-state index is 13.5. The lowest BCUT2D eigenvalue weighted by Crippen LogP contribution is -2.33. The summed E-state index contributed by atoms with van der Waals surface area (Å²) in [6.07, 6.45) is 5.54. The average molecular weight is 422 g/mol. The number of carbonyl (C=O) groups is 3. The highest BCUT2D eigenvalue weighted by atomic mass is 19.1. The highest BCUT2D eigenvalue weighted by molar-refractivity contribution is 6.23. The van der Waals surface area contributed by atoms with Crippen molar-refractivity contribution in [3.8, 4) is 0 Å². The van der Waals surface area contributed by atoms with E-state index in [0.29, 0.717) is 12.3 Å². The molecule has 3 unspecified atom stereocenters. The Hall–Kier alpha value is -2.82. The van der Waals surface area contributed by atoms with Crippen LogP contribution in [0.5, 0.6) is 0 Å². The molecule has 0 N–H and O–H groups in total. The number of esters is 1. The first-order chi connectivity index (χ1) is 15.0. The molecular weight excluding hydrogens is 395 g/mol. The summed E-state index contributed by atoms with van der Waals surface area (Å²) in [6.45, 7) is 0. The topological polar surface area (TPSA) is 60.4 Å². The SMILES string of the molecule is O=C1OC(CC2CCCCC2)C(=O)C1C(=O)C(Cc1ccc(F)cc1)c1ccccc1. The van der Waals surface area contributed by atoms with Crippen molar-refractivity contribution < 1.29 is 23.5 Å². The van der Waals surface area contributed by atoms with Gasteiger partial charge in [0.2, 0.25) is 0 Å². The van der Waals surface area contributed by atoms with E-state index in [4.69, 9.17) is 4.74 Å². The number of carbonyl (C=O) groups excluding carboxylic acids is 3. The molecule has 4 rings (SSSR count). The summed E-state index contributed by atoms with van der Waals surface area (Å²) in [6, 6.07) is 15.1. The van der Waals surface area contributed by atoms with Gasteiger partial charge in [0.05, 0.1) is 0 Å². The van der Waals surface area contributed by atoms with Crippen LogP contribution in [0.25, 0.3) is 0 Å². The maximum atomic E-state index is 13.5. The molecule has 162 valence electrons. The summed E-state index contributed by atoms with van der Waals surface area (Å²) in [5, 5.41) is 0. The first kappa shape index (κ1) is 21.4. The van der Waals surface area contributed by atoms with Gasteiger partial charge in [0.25, 0.3) is 0 Å². The van der Waals surface area contributed by atoms with E-state index in [-0.39, 0.29) is 12.2 Å². The Kier molecular flexibility index (Phi) is 6.59. The Balaban J connectivity index is 1.54. The van der Waals surface area contributed by atoms with E-state index in [1.807, 2.05) is 30.3 Å². The molecule has 1 aliphatic carbocycles. The third kappa shape index (κ3) is 4.92. The zero-order valence-electron chi connectivity index (χ0n) is 17.5. The number of ether oxygens (including phenoxy) is 1. The molecular formula is C26H27FO4. The molecule has 31 heavy (non-hydrogen) atoms. The molecule has 0 aromatic heterocycles. The summed E-state index contributed by atoms with van der Waals surface area (Å²) < 4.78 is 18.7. The fourth-order valence-corrected chi connectivity index (χ4v) is 4.84. The van der Waals surface area contributed by atoms with Gasteiger partial charge in [-0.05, 0) is 42.0 Å². The Bertz CT molecular complexity index is 932. The Morgan fingerprint density at radius 2 is 1.65 bits per heavy atom. The van der Waals surface area contributed by atoms with Crippen molar-refractivity contribution in [2.45, 2.75) is 57.0 Å². The second-order valence-electron chi connectivity index (χ2n) is 8.70. The minimum Gasteiger partial charge on any atom is -0.453 e. The van der Waals surface area contributed by atoms with Crippen LogP contribution in [0.15, 0.2) is 54.6 Å². The largest absolute Gasteiger partial charge is 0.453 e. The molecule has 0 bridgehead atoms. The van der Waals surface area contributed by atoms with Crippen LogP contribution in [0.2, 0.25) is 0 Å². The number of Topliss-reactive ketones (excluding diaryl/α,β-unsaturated/α-hetero) is 2. The van der Waals surface area contributed by atoms with E-state index in [9.17, 15) is 18.8 Å². The van der Waals surface area contributed by atoms with Gasteiger partial charge in [0.15, 0.2) is 23.6 Å². The van der Waals surface area contributed by atoms with Crippen LogP contribution in [0, 0.1) is 17.7 Å². The number of ketones is 2. The Labute approximate surface area is 181 Å². The molecule has 1 aliphatic heterocycles. The smallest absolute Gasteiger partial charge is 0.325 e. The molecule has 3 atom stereocenters. The third-order valence-corrected chi connectivity index (χ3v) is 6.55. The zero-order chi connectivity index (χ0) is 21.8. The molecule has 2 aliphatic rings. The van der Waals surface area contributed by atoms with E-state index in [1.54, 1.807) is 12.1 Å². The van der Waals surface area contributed by atoms with Crippen molar-refractivity contribution in [1.82, 2.24) is 0 Å². The fourth-order valence-electron chi connectivity index (χ4n) is 4.84. The van der Waals surface area contributed by atoms with Gasteiger partial charge in [-0.2, -0.15) is 0 Å². The number of benzene rings is 2. The van der Waals surface area contributed by atoms with Gasteiger partial charge < -0.3 is 4.74 Å². The molecule has 4 nitrogen and oxygen atoms in total. The van der Waals surface area contributed by atoms with Gasteiger partial charge in [-0.1, -0.05) is 74.6 Å². The van der Waals surface area contributed by atoms with Crippen LogP contribution in [0.3, 0.4) is 0 Å². The lowest BCUT2D eigenvalue weighted by atomic mass is 9.80. The number of hydrogen-bond donors (Lipinski definition) is 0. The average Bonchev–Trinajstić information content (AvgIpc) is 3.07. The summed E-state index contributed by atoms with van der Waals surface area (Å²) in [5.41, 5.74) is 1.49. The number of halogens is 1. The third-order valence-electron chi connectivity index (χ3n) is 6.55. The molecule has 0 radical (unpaired) electrons. The van der Waals surface area contributed by atoms with Crippen LogP contribution in [-0.4, -0.2) is 23.6 Å². The molecule has 1 saturated heterocycles. The molecule has 2 aromatic carbocycles. The van der Waals surface area contributed by atoms with Gasteiger partial charge >= 0.3 is 5.97 Å². The van der Waals surface area contributed by atoms with Crippen molar-refractivity contribution in [3.05, 3.63) is 71.5 Å². The Morgan fingerprint density at radius 3 is 2.32 bits per heavy atom. The van der Waals surface area contributed by atoms with E-state index >= 15 is 0 Å². The molecule has 5 heteroatoms. The van der Waals surface area contributed by atoms with Crippen LogP contribution < -0.4 is 0 Å². The molecule has 1 saturated carbocycles. The van der Waals surface area contributed by atoms with E-state index in [2.05, 4.69) is 0 Å². The van der Waals surface area contributed by atoms with Crippen LogP contribution in [0.4, 0.5) is 4.39 Å². The number of cyclic esters (lactones) is 1. The van der Waals surface area contributed by atoms with E-state index in [0.717, 1.165) is 36.8 Å². The summed E-state index contributed by atoms with van der Waals surface area (Å²) in [4.78, 5) is 39.1. The number of hydrogen-bond acceptors (Lipinski definition) is 4. The van der Waals surface area contributed by atoms with Crippen molar-refractivity contribution in [2.24, 2.45) is 11.8 Å².